The van der Waals surface area contributed by atoms with Gasteiger partial charge in [-0.3, -0.25) is 9.78 Å². The second-order valence-corrected chi connectivity index (χ2v) is 6.62. The van der Waals surface area contributed by atoms with Gasteiger partial charge in [0.1, 0.15) is 0 Å². The van der Waals surface area contributed by atoms with E-state index in [4.69, 9.17) is 4.74 Å². The molecule has 24 heavy (non-hydrogen) atoms. The summed E-state index contributed by atoms with van der Waals surface area (Å²) >= 11 is 0. The maximum atomic E-state index is 12.4. The number of pyridine rings is 1. The van der Waals surface area contributed by atoms with E-state index in [2.05, 4.69) is 36.3 Å². The Morgan fingerprint density at radius 1 is 1.25 bits per heavy atom. The highest BCUT2D eigenvalue weighted by Crippen LogP contribution is 2.24. The number of hydrogen-bond donors (Lipinski definition) is 1. The Kier molecular flexibility index (Phi) is 5.46. The minimum Gasteiger partial charge on any atom is -0.379 e. The SMILES string of the molecule is CCC(CC)C(=O)N[C@H]1COC[C@H]1Cc1ccnc2ccccc12. The van der Waals surface area contributed by atoms with Gasteiger partial charge in [-0.2, -0.15) is 0 Å². The van der Waals surface area contributed by atoms with E-state index in [1.165, 1.54) is 10.9 Å². The first-order chi connectivity index (χ1) is 11.7. The van der Waals surface area contributed by atoms with E-state index in [0.717, 1.165) is 24.8 Å². The average molecular weight is 326 g/mol. The summed E-state index contributed by atoms with van der Waals surface area (Å²) in [6.45, 7) is 5.45. The lowest BCUT2D eigenvalue weighted by Gasteiger charge is -2.22. The number of para-hydroxylation sites is 1. The molecule has 0 radical (unpaired) electrons. The second kappa shape index (κ2) is 7.75. The van der Waals surface area contributed by atoms with Gasteiger partial charge in [-0.15, -0.1) is 0 Å². The lowest BCUT2D eigenvalue weighted by Crippen LogP contribution is -2.43. The third-order valence-electron chi connectivity index (χ3n) is 5.10. The van der Waals surface area contributed by atoms with Crippen LogP contribution < -0.4 is 5.32 Å². The monoisotopic (exact) mass is 326 g/mol. The molecule has 1 aromatic heterocycles. The number of nitrogens with one attached hydrogen (secondary N) is 1. The van der Waals surface area contributed by atoms with Crippen LogP contribution in [0.1, 0.15) is 32.3 Å². The number of carbonyl (C=O) groups is 1. The van der Waals surface area contributed by atoms with Crippen molar-refractivity contribution in [2.75, 3.05) is 13.2 Å². The van der Waals surface area contributed by atoms with Crippen LogP contribution in [0.5, 0.6) is 0 Å². The van der Waals surface area contributed by atoms with Crippen LogP contribution in [-0.2, 0) is 16.0 Å². The summed E-state index contributed by atoms with van der Waals surface area (Å²) in [7, 11) is 0. The first-order valence-corrected chi connectivity index (χ1v) is 8.93. The summed E-state index contributed by atoms with van der Waals surface area (Å²) in [5, 5.41) is 4.41. The molecular weight excluding hydrogens is 300 g/mol. The quantitative estimate of drug-likeness (QED) is 0.886. The third-order valence-corrected chi connectivity index (χ3v) is 5.10. The van der Waals surface area contributed by atoms with Gasteiger partial charge in [-0.25, -0.2) is 0 Å². The number of nitrogens with zero attached hydrogens (tertiary/aromatic N) is 1. The largest absolute Gasteiger partial charge is 0.379 e. The molecule has 1 aliphatic heterocycles. The number of ether oxygens (including phenoxy) is 1. The number of carbonyl (C=O) groups excluding carboxylic acids is 1. The minimum absolute atomic E-state index is 0.102. The summed E-state index contributed by atoms with van der Waals surface area (Å²) in [4.78, 5) is 16.8. The second-order valence-electron chi connectivity index (χ2n) is 6.62. The van der Waals surface area contributed by atoms with Crippen LogP contribution in [0.15, 0.2) is 36.5 Å². The van der Waals surface area contributed by atoms with Crippen molar-refractivity contribution in [3.05, 3.63) is 42.1 Å². The number of fused-ring (bicyclic) bond motifs is 1. The predicted octanol–water partition coefficient (Wildman–Crippen LogP) is 3.34. The van der Waals surface area contributed by atoms with Gasteiger partial charge in [0.15, 0.2) is 0 Å². The van der Waals surface area contributed by atoms with Crippen LogP contribution in [-0.4, -0.2) is 30.1 Å². The fourth-order valence-electron chi connectivity index (χ4n) is 3.53. The van der Waals surface area contributed by atoms with E-state index in [9.17, 15) is 4.79 Å². The van der Waals surface area contributed by atoms with Gasteiger partial charge in [-0.05, 0) is 37.0 Å². The molecule has 3 rings (SSSR count). The summed E-state index contributed by atoms with van der Waals surface area (Å²) in [6, 6.07) is 10.4. The first kappa shape index (κ1) is 16.9. The molecule has 1 N–H and O–H groups in total. The van der Waals surface area contributed by atoms with Gasteiger partial charge >= 0.3 is 0 Å². The van der Waals surface area contributed by atoms with Crippen LogP contribution in [0, 0.1) is 11.8 Å². The highest BCUT2D eigenvalue weighted by atomic mass is 16.5. The zero-order chi connectivity index (χ0) is 16.9. The Labute approximate surface area is 143 Å². The number of aromatic nitrogens is 1. The highest BCUT2D eigenvalue weighted by molar-refractivity contribution is 5.82. The van der Waals surface area contributed by atoms with E-state index in [1.807, 2.05) is 24.4 Å². The molecule has 2 atom stereocenters. The maximum absolute atomic E-state index is 12.4. The molecule has 2 heterocycles. The van der Waals surface area contributed by atoms with Crippen molar-refractivity contribution in [2.45, 2.75) is 39.2 Å². The van der Waals surface area contributed by atoms with Gasteiger partial charge in [0.2, 0.25) is 5.91 Å². The summed E-state index contributed by atoms with van der Waals surface area (Å²) < 4.78 is 5.67. The van der Waals surface area contributed by atoms with Crippen LogP contribution in [0.2, 0.25) is 0 Å². The topological polar surface area (TPSA) is 51.2 Å². The van der Waals surface area contributed by atoms with Gasteiger partial charge in [0, 0.05) is 23.4 Å². The lowest BCUT2D eigenvalue weighted by atomic mass is 9.92. The van der Waals surface area contributed by atoms with Gasteiger partial charge in [0.25, 0.3) is 0 Å². The lowest BCUT2D eigenvalue weighted by molar-refractivity contribution is -0.126. The minimum atomic E-state index is 0.102. The highest BCUT2D eigenvalue weighted by Gasteiger charge is 2.31. The number of amides is 1. The Hall–Kier alpha value is -1.94. The zero-order valence-electron chi connectivity index (χ0n) is 14.5. The maximum Gasteiger partial charge on any atom is 0.223 e. The molecule has 0 unspecified atom stereocenters. The predicted molar refractivity (Wildman–Crippen MR) is 95.8 cm³/mol. The number of benzene rings is 1. The molecule has 0 saturated carbocycles. The fraction of sp³-hybridized carbons (Fsp3) is 0.500. The van der Waals surface area contributed by atoms with Gasteiger partial charge in [-0.1, -0.05) is 32.0 Å². The Morgan fingerprint density at radius 2 is 2.04 bits per heavy atom. The van der Waals surface area contributed by atoms with Crippen molar-refractivity contribution < 1.29 is 9.53 Å². The van der Waals surface area contributed by atoms with Crippen molar-refractivity contribution in [2.24, 2.45) is 11.8 Å². The van der Waals surface area contributed by atoms with E-state index < -0.39 is 0 Å². The normalized spacial score (nSPS) is 20.6. The summed E-state index contributed by atoms with van der Waals surface area (Å²) in [5.41, 5.74) is 2.30. The van der Waals surface area contributed by atoms with E-state index in [1.54, 1.807) is 0 Å². The molecule has 128 valence electrons. The standard InChI is InChI=1S/C20H26N2O2/c1-3-14(4-2)20(23)22-19-13-24-12-16(19)11-15-9-10-21-18-8-6-5-7-17(15)18/h5-10,14,16,19H,3-4,11-13H2,1-2H3,(H,22,23)/t16-,19+/m1/s1. The summed E-state index contributed by atoms with van der Waals surface area (Å²) in [6.07, 6.45) is 4.54. The van der Waals surface area contributed by atoms with Crippen LogP contribution in [0.3, 0.4) is 0 Å². The molecule has 1 fully saturated rings. The molecular formula is C20H26N2O2. The Bertz CT molecular complexity index is 692. The molecule has 0 spiro atoms. The molecule has 1 aliphatic rings. The molecule has 2 aromatic rings. The third kappa shape index (κ3) is 3.59. The van der Waals surface area contributed by atoms with Gasteiger partial charge < -0.3 is 10.1 Å². The van der Waals surface area contributed by atoms with Crippen LogP contribution in [0.4, 0.5) is 0 Å². The number of hydrogen-bond acceptors (Lipinski definition) is 3. The molecule has 0 bridgehead atoms. The van der Waals surface area contributed by atoms with E-state index in [0.29, 0.717) is 19.1 Å². The molecule has 4 nitrogen and oxygen atoms in total. The molecule has 0 aliphatic carbocycles. The zero-order valence-corrected chi connectivity index (χ0v) is 14.5. The molecule has 4 heteroatoms. The van der Waals surface area contributed by atoms with Gasteiger partial charge in [0.05, 0.1) is 24.8 Å². The molecule has 1 aromatic carbocycles. The fourth-order valence-corrected chi connectivity index (χ4v) is 3.53. The number of rotatable bonds is 6. The smallest absolute Gasteiger partial charge is 0.223 e. The first-order valence-electron chi connectivity index (χ1n) is 8.93. The van der Waals surface area contributed by atoms with Crippen LogP contribution >= 0.6 is 0 Å². The summed E-state index contributed by atoms with van der Waals surface area (Å²) in [5.74, 6) is 0.585. The Morgan fingerprint density at radius 3 is 2.83 bits per heavy atom. The molecule has 1 saturated heterocycles. The van der Waals surface area contributed by atoms with Crippen molar-refractivity contribution in [1.29, 1.82) is 0 Å². The van der Waals surface area contributed by atoms with Crippen molar-refractivity contribution >= 4 is 16.8 Å². The average Bonchev–Trinajstić information content (AvgIpc) is 3.03. The van der Waals surface area contributed by atoms with Crippen LogP contribution in [0.25, 0.3) is 10.9 Å². The van der Waals surface area contributed by atoms with E-state index >= 15 is 0 Å². The van der Waals surface area contributed by atoms with E-state index in [-0.39, 0.29) is 17.9 Å². The van der Waals surface area contributed by atoms with Crippen molar-refractivity contribution in [3.63, 3.8) is 0 Å². The van der Waals surface area contributed by atoms with Crippen molar-refractivity contribution in [1.82, 2.24) is 10.3 Å². The Balaban J connectivity index is 1.73. The van der Waals surface area contributed by atoms with Crippen molar-refractivity contribution in [3.8, 4) is 0 Å². The molecule has 1 amide bonds.